The lowest BCUT2D eigenvalue weighted by molar-refractivity contribution is 0.188. The molecular formula is C20H23N3O3. The summed E-state index contributed by atoms with van der Waals surface area (Å²) >= 11 is 0. The topological polar surface area (TPSA) is 64.1 Å². The summed E-state index contributed by atoms with van der Waals surface area (Å²) in [5, 5.41) is 9.10. The fourth-order valence-corrected chi connectivity index (χ4v) is 3.11. The van der Waals surface area contributed by atoms with Crippen LogP contribution in [0.4, 0.5) is 15.3 Å². The molecule has 1 saturated heterocycles. The number of carbonyl (C=O) groups excluding carboxylic acids is 1. The summed E-state index contributed by atoms with van der Waals surface area (Å²) in [5.41, 5.74) is 3.86. The van der Waals surface area contributed by atoms with Crippen LogP contribution in [0.1, 0.15) is 16.7 Å². The molecule has 1 aliphatic heterocycles. The minimum absolute atomic E-state index is 0.0187. The Morgan fingerprint density at radius 2 is 1.77 bits per heavy atom. The Labute approximate surface area is 153 Å². The average molecular weight is 353 g/mol. The minimum atomic E-state index is -1.01. The monoisotopic (exact) mass is 353 g/mol. The number of carbonyl (C=O) groups is 2. The summed E-state index contributed by atoms with van der Waals surface area (Å²) in [6.45, 7) is 4.51. The van der Waals surface area contributed by atoms with Gasteiger partial charge in [-0.25, -0.2) is 9.59 Å². The zero-order chi connectivity index (χ0) is 18.7. The molecule has 2 aromatic carbocycles. The smallest absolute Gasteiger partial charge is 0.411 e. The van der Waals surface area contributed by atoms with Crippen LogP contribution in [-0.2, 0) is 13.1 Å². The van der Waals surface area contributed by atoms with Crippen LogP contribution in [0.2, 0.25) is 0 Å². The molecule has 2 aromatic rings. The molecule has 1 fully saturated rings. The number of rotatable bonds is 5. The number of urea groups is 1. The van der Waals surface area contributed by atoms with Crippen LogP contribution in [-0.4, -0.2) is 47.2 Å². The predicted octanol–water partition coefficient (Wildman–Crippen LogP) is 3.55. The first-order chi connectivity index (χ1) is 12.5. The molecule has 0 spiro atoms. The second-order valence-electron chi connectivity index (χ2n) is 6.56. The van der Waals surface area contributed by atoms with Gasteiger partial charge in [0.1, 0.15) is 0 Å². The van der Waals surface area contributed by atoms with Gasteiger partial charge in [-0.05, 0) is 35.7 Å². The van der Waals surface area contributed by atoms with Gasteiger partial charge in [-0.3, -0.25) is 4.90 Å². The van der Waals surface area contributed by atoms with E-state index in [1.807, 2.05) is 35.2 Å². The van der Waals surface area contributed by atoms with Crippen molar-refractivity contribution >= 4 is 17.8 Å². The Morgan fingerprint density at radius 1 is 1.08 bits per heavy atom. The summed E-state index contributed by atoms with van der Waals surface area (Å²) in [7, 11) is 1.51. The number of hydrogen-bond acceptors (Lipinski definition) is 2. The molecule has 0 radical (unpaired) electrons. The van der Waals surface area contributed by atoms with Gasteiger partial charge in [0.05, 0.1) is 0 Å². The van der Waals surface area contributed by atoms with Crippen LogP contribution in [0.25, 0.3) is 0 Å². The third-order valence-electron chi connectivity index (χ3n) is 4.76. The Kier molecular flexibility index (Phi) is 5.11. The van der Waals surface area contributed by atoms with Gasteiger partial charge in [0, 0.05) is 38.9 Å². The van der Waals surface area contributed by atoms with E-state index in [1.54, 1.807) is 11.0 Å². The zero-order valence-corrected chi connectivity index (χ0v) is 15.1. The highest BCUT2D eigenvalue weighted by Gasteiger charge is 2.28. The molecule has 1 aliphatic rings. The van der Waals surface area contributed by atoms with E-state index in [1.165, 1.54) is 17.5 Å². The summed E-state index contributed by atoms with van der Waals surface area (Å²) in [4.78, 5) is 28.6. The fourth-order valence-electron chi connectivity index (χ4n) is 3.11. The predicted molar refractivity (Wildman–Crippen MR) is 100 cm³/mol. The van der Waals surface area contributed by atoms with Crippen LogP contribution in [0, 0.1) is 6.92 Å². The van der Waals surface area contributed by atoms with E-state index >= 15 is 0 Å². The molecule has 0 atom stereocenters. The minimum Gasteiger partial charge on any atom is -0.465 e. The van der Waals surface area contributed by atoms with E-state index < -0.39 is 6.09 Å². The van der Waals surface area contributed by atoms with Crippen molar-refractivity contribution in [1.29, 1.82) is 0 Å². The van der Waals surface area contributed by atoms with Gasteiger partial charge in [-0.15, -0.1) is 0 Å². The van der Waals surface area contributed by atoms with Crippen molar-refractivity contribution < 1.29 is 14.7 Å². The highest BCUT2D eigenvalue weighted by molar-refractivity contribution is 5.85. The number of anilines is 1. The highest BCUT2D eigenvalue weighted by Crippen LogP contribution is 2.20. The van der Waals surface area contributed by atoms with Crippen molar-refractivity contribution in [3.8, 4) is 0 Å². The molecule has 3 amide bonds. The van der Waals surface area contributed by atoms with Crippen molar-refractivity contribution in [1.82, 2.24) is 9.80 Å². The number of benzene rings is 2. The first-order valence-corrected chi connectivity index (χ1v) is 8.59. The van der Waals surface area contributed by atoms with Crippen molar-refractivity contribution in [2.45, 2.75) is 20.0 Å². The maximum absolute atomic E-state index is 12.7. The van der Waals surface area contributed by atoms with E-state index in [-0.39, 0.29) is 6.03 Å². The number of nitrogens with zero attached hydrogens (tertiary/aromatic N) is 3. The molecule has 0 aliphatic carbocycles. The number of hydrogen-bond donors (Lipinski definition) is 1. The lowest BCUT2D eigenvalue weighted by Gasteiger charge is -2.20. The third-order valence-corrected chi connectivity index (χ3v) is 4.76. The molecule has 0 unspecified atom stereocenters. The van der Waals surface area contributed by atoms with Crippen molar-refractivity contribution in [2.24, 2.45) is 0 Å². The maximum Gasteiger partial charge on any atom is 0.411 e. The molecule has 1 N–H and O–H groups in total. The van der Waals surface area contributed by atoms with Crippen LogP contribution < -0.4 is 4.90 Å². The van der Waals surface area contributed by atoms with Gasteiger partial charge in [-0.2, -0.15) is 0 Å². The lowest BCUT2D eigenvalue weighted by Crippen LogP contribution is -2.31. The van der Waals surface area contributed by atoms with Crippen molar-refractivity contribution in [3.63, 3.8) is 0 Å². The van der Waals surface area contributed by atoms with E-state index in [9.17, 15) is 9.59 Å². The zero-order valence-electron chi connectivity index (χ0n) is 15.1. The standard InChI is InChI=1S/C20H23N3O3/c1-15-6-3-4-8-17(15)14-23-11-10-22(19(23)24)13-16-7-5-9-18(12-16)21(2)20(25)26/h3-9,12H,10-11,13-14H2,1-2H3,(H,25,26). The molecule has 6 nitrogen and oxygen atoms in total. The lowest BCUT2D eigenvalue weighted by atomic mass is 10.1. The van der Waals surface area contributed by atoms with Gasteiger partial charge in [-0.1, -0.05) is 36.4 Å². The molecule has 0 bridgehead atoms. The van der Waals surface area contributed by atoms with E-state index in [4.69, 9.17) is 5.11 Å². The van der Waals surface area contributed by atoms with Gasteiger partial charge >= 0.3 is 12.1 Å². The second-order valence-corrected chi connectivity index (χ2v) is 6.56. The third kappa shape index (κ3) is 3.79. The molecule has 136 valence electrons. The Morgan fingerprint density at radius 3 is 2.46 bits per heavy atom. The number of aryl methyl sites for hydroxylation is 1. The summed E-state index contributed by atoms with van der Waals surface area (Å²) in [5.74, 6) is 0. The van der Waals surface area contributed by atoms with Gasteiger partial charge in [0.15, 0.2) is 0 Å². The largest absolute Gasteiger partial charge is 0.465 e. The Balaban J connectivity index is 1.67. The highest BCUT2D eigenvalue weighted by atomic mass is 16.4. The second kappa shape index (κ2) is 7.47. The Hall–Kier alpha value is -3.02. The van der Waals surface area contributed by atoms with Gasteiger partial charge < -0.3 is 14.9 Å². The molecule has 6 heteroatoms. The van der Waals surface area contributed by atoms with Gasteiger partial charge in [0.25, 0.3) is 0 Å². The quantitative estimate of drug-likeness (QED) is 0.894. The van der Waals surface area contributed by atoms with Gasteiger partial charge in [0.2, 0.25) is 0 Å². The molecule has 1 heterocycles. The Bertz CT molecular complexity index is 821. The van der Waals surface area contributed by atoms with Crippen molar-refractivity contribution in [3.05, 3.63) is 65.2 Å². The first kappa shape index (κ1) is 17.8. The molecule has 0 aromatic heterocycles. The van der Waals surface area contributed by atoms with Crippen LogP contribution in [0.15, 0.2) is 48.5 Å². The van der Waals surface area contributed by atoms with Crippen LogP contribution in [0.3, 0.4) is 0 Å². The average Bonchev–Trinajstić information content (AvgIpc) is 2.96. The van der Waals surface area contributed by atoms with Crippen LogP contribution >= 0.6 is 0 Å². The van der Waals surface area contributed by atoms with E-state index in [0.29, 0.717) is 31.9 Å². The van der Waals surface area contributed by atoms with E-state index in [2.05, 4.69) is 19.1 Å². The fraction of sp³-hybridized carbons (Fsp3) is 0.300. The molecule has 0 saturated carbocycles. The van der Waals surface area contributed by atoms with Crippen molar-refractivity contribution in [2.75, 3.05) is 25.0 Å². The summed E-state index contributed by atoms with van der Waals surface area (Å²) < 4.78 is 0. The maximum atomic E-state index is 12.7. The normalized spacial score (nSPS) is 14.0. The first-order valence-electron chi connectivity index (χ1n) is 8.59. The SMILES string of the molecule is Cc1ccccc1CN1CCN(Cc2cccc(N(C)C(=O)O)c2)C1=O. The number of amides is 3. The molecule has 3 rings (SSSR count). The molecular weight excluding hydrogens is 330 g/mol. The number of carboxylic acid groups (broad SMARTS) is 1. The summed E-state index contributed by atoms with van der Waals surface area (Å²) in [6.07, 6.45) is -1.01. The van der Waals surface area contributed by atoms with Crippen LogP contribution in [0.5, 0.6) is 0 Å². The summed E-state index contributed by atoms with van der Waals surface area (Å²) in [6, 6.07) is 15.4. The molecule has 26 heavy (non-hydrogen) atoms. The van der Waals surface area contributed by atoms with E-state index in [0.717, 1.165) is 11.1 Å².